The molecule has 118 valence electrons. The van der Waals surface area contributed by atoms with Crippen LogP contribution in [0.25, 0.3) is 0 Å². The summed E-state index contributed by atoms with van der Waals surface area (Å²) in [6, 6.07) is 13.3. The zero-order chi connectivity index (χ0) is 15.8. The highest BCUT2D eigenvalue weighted by atomic mass is 19.1. The number of hydrogen-bond acceptors (Lipinski definition) is 2. The smallest absolute Gasteiger partial charge is 0.142 e. The first-order chi connectivity index (χ1) is 11.3. The van der Waals surface area contributed by atoms with Gasteiger partial charge in [-0.25, -0.2) is 4.39 Å². The quantitative estimate of drug-likeness (QED) is 0.801. The second kappa shape index (κ2) is 5.73. The Kier molecular flexibility index (Phi) is 3.56. The van der Waals surface area contributed by atoms with Gasteiger partial charge in [0.1, 0.15) is 11.6 Å². The molecule has 0 fully saturated rings. The highest BCUT2D eigenvalue weighted by Crippen LogP contribution is 2.52. The van der Waals surface area contributed by atoms with Crippen molar-refractivity contribution in [1.29, 1.82) is 0 Å². The third-order valence-corrected chi connectivity index (χ3v) is 4.89. The van der Waals surface area contributed by atoms with Crippen molar-refractivity contribution >= 4 is 5.69 Å². The highest BCUT2D eigenvalue weighted by molar-refractivity contribution is 5.67. The van der Waals surface area contributed by atoms with Crippen LogP contribution in [-0.2, 0) is 0 Å². The molecule has 0 bridgehead atoms. The van der Waals surface area contributed by atoms with Gasteiger partial charge in [-0.1, -0.05) is 36.4 Å². The molecule has 0 unspecified atom stereocenters. The van der Waals surface area contributed by atoms with Crippen LogP contribution < -0.4 is 10.1 Å². The van der Waals surface area contributed by atoms with Gasteiger partial charge in [-0.15, -0.1) is 0 Å². The Morgan fingerprint density at radius 2 is 2.00 bits per heavy atom. The molecule has 0 spiro atoms. The number of para-hydroxylation sites is 1. The van der Waals surface area contributed by atoms with E-state index in [4.69, 9.17) is 4.74 Å². The molecule has 1 aliphatic heterocycles. The van der Waals surface area contributed by atoms with Gasteiger partial charge in [-0.3, -0.25) is 0 Å². The zero-order valence-corrected chi connectivity index (χ0v) is 13.1. The van der Waals surface area contributed by atoms with Crippen LogP contribution in [0.2, 0.25) is 0 Å². The van der Waals surface area contributed by atoms with Crippen LogP contribution in [0.15, 0.2) is 54.6 Å². The van der Waals surface area contributed by atoms with Gasteiger partial charge in [0.25, 0.3) is 0 Å². The van der Waals surface area contributed by atoms with Crippen molar-refractivity contribution in [2.45, 2.75) is 25.3 Å². The standard InChI is InChI=1S/C20H20FNO/c1-2-23-18-8-4-7-17-15-5-3-6-16(15)19(22-20(17)18)13-9-11-14(21)12-10-13/h3-5,7-12,15-16,19,22H,2,6H2,1H3/t15-,16+,19-/m1/s1. The summed E-state index contributed by atoms with van der Waals surface area (Å²) in [7, 11) is 0. The van der Waals surface area contributed by atoms with E-state index in [0.717, 1.165) is 23.4 Å². The van der Waals surface area contributed by atoms with E-state index in [-0.39, 0.29) is 11.9 Å². The van der Waals surface area contributed by atoms with Gasteiger partial charge in [0.05, 0.1) is 18.3 Å². The van der Waals surface area contributed by atoms with Gasteiger partial charge in [-0.2, -0.15) is 0 Å². The number of ether oxygens (including phenoxy) is 1. The summed E-state index contributed by atoms with van der Waals surface area (Å²) in [6.45, 7) is 2.64. The zero-order valence-electron chi connectivity index (χ0n) is 13.1. The highest BCUT2D eigenvalue weighted by Gasteiger charge is 2.38. The topological polar surface area (TPSA) is 21.3 Å². The van der Waals surface area contributed by atoms with Crippen molar-refractivity contribution in [3.63, 3.8) is 0 Å². The second-order valence-corrected chi connectivity index (χ2v) is 6.18. The van der Waals surface area contributed by atoms with Crippen LogP contribution >= 0.6 is 0 Å². The lowest BCUT2D eigenvalue weighted by atomic mass is 9.77. The van der Waals surface area contributed by atoms with E-state index in [2.05, 4.69) is 29.6 Å². The largest absolute Gasteiger partial charge is 0.492 e. The monoisotopic (exact) mass is 309 g/mol. The van der Waals surface area contributed by atoms with Gasteiger partial charge in [0.15, 0.2) is 0 Å². The molecule has 4 rings (SSSR count). The van der Waals surface area contributed by atoms with Crippen LogP contribution in [0.4, 0.5) is 10.1 Å². The predicted molar refractivity (Wildman–Crippen MR) is 90.4 cm³/mol. The molecule has 3 atom stereocenters. The van der Waals surface area contributed by atoms with E-state index in [1.54, 1.807) is 12.1 Å². The van der Waals surface area contributed by atoms with Gasteiger partial charge < -0.3 is 10.1 Å². The number of allylic oxidation sites excluding steroid dienone is 2. The van der Waals surface area contributed by atoms with E-state index >= 15 is 0 Å². The van der Waals surface area contributed by atoms with Gasteiger partial charge in [0, 0.05) is 5.92 Å². The average molecular weight is 309 g/mol. The van der Waals surface area contributed by atoms with Crippen molar-refractivity contribution < 1.29 is 9.13 Å². The predicted octanol–water partition coefficient (Wildman–Crippen LogP) is 5.05. The minimum Gasteiger partial charge on any atom is -0.492 e. The van der Waals surface area contributed by atoms with E-state index < -0.39 is 0 Å². The summed E-state index contributed by atoms with van der Waals surface area (Å²) in [5.74, 6) is 1.56. The van der Waals surface area contributed by atoms with Gasteiger partial charge in [0.2, 0.25) is 0 Å². The van der Waals surface area contributed by atoms with Crippen molar-refractivity contribution in [3.05, 3.63) is 71.6 Å². The first-order valence-corrected chi connectivity index (χ1v) is 8.22. The van der Waals surface area contributed by atoms with E-state index in [0.29, 0.717) is 18.4 Å². The lowest BCUT2D eigenvalue weighted by molar-refractivity contribution is 0.337. The number of nitrogens with one attached hydrogen (secondary N) is 1. The maximum Gasteiger partial charge on any atom is 0.142 e. The molecule has 1 N–H and O–H groups in total. The van der Waals surface area contributed by atoms with Gasteiger partial charge in [-0.05, 0) is 48.6 Å². The molecule has 1 aliphatic carbocycles. The van der Waals surface area contributed by atoms with Crippen LogP contribution in [-0.4, -0.2) is 6.61 Å². The van der Waals surface area contributed by atoms with E-state index in [1.807, 2.05) is 25.1 Å². The normalized spacial score (nSPS) is 24.7. The second-order valence-electron chi connectivity index (χ2n) is 6.18. The molecular weight excluding hydrogens is 289 g/mol. The Labute approximate surface area is 136 Å². The molecule has 1 heterocycles. The minimum atomic E-state index is -0.193. The van der Waals surface area contributed by atoms with Crippen LogP contribution in [0, 0.1) is 11.7 Å². The third kappa shape index (κ3) is 2.40. The summed E-state index contributed by atoms with van der Waals surface area (Å²) in [6.07, 6.45) is 5.60. The fraction of sp³-hybridized carbons (Fsp3) is 0.300. The van der Waals surface area contributed by atoms with Crippen molar-refractivity contribution in [3.8, 4) is 5.75 Å². The fourth-order valence-corrected chi connectivity index (χ4v) is 3.87. The fourth-order valence-electron chi connectivity index (χ4n) is 3.87. The molecule has 0 amide bonds. The van der Waals surface area contributed by atoms with Crippen molar-refractivity contribution in [2.75, 3.05) is 11.9 Å². The minimum absolute atomic E-state index is 0.171. The average Bonchev–Trinajstić information content (AvgIpc) is 3.05. The molecule has 2 nitrogen and oxygen atoms in total. The lowest BCUT2D eigenvalue weighted by Gasteiger charge is -2.38. The number of halogens is 1. The van der Waals surface area contributed by atoms with Gasteiger partial charge >= 0.3 is 0 Å². The summed E-state index contributed by atoms with van der Waals surface area (Å²) in [4.78, 5) is 0. The Balaban J connectivity index is 1.78. The molecule has 0 aromatic heterocycles. The molecular formula is C20H20FNO. The van der Waals surface area contributed by atoms with Crippen LogP contribution in [0.1, 0.15) is 36.4 Å². The SMILES string of the molecule is CCOc1cccc2c1N[C@H](c1ccc(F)cc1)[C@H]1CC=C[C@@H]21. The van der Waals surface area contributed by atoms with Crippen molar-refractivity contribution in [1.82, 2.24) is 0 Å². The Morgan fingerprint density at radius 1 is 1.17 bits per heavy atom. The van der Waals surface area contributed by atoms with Crippen molar-refractivity contribution in [2.24, 2.45) is 5.92 Å². The first kappa shape index (κ1) is 14.3. The summed E-state index contributed by atoms with van der Waals surface area (Å²) in [5, 5.41) is 3.67. The molecule has 0 saturated heterocycles. The number of hydrogen-bond donors (Lipinski definition) is 1. The first-order valence-electron chi connectivity index (χ1n) is 8.22. The molecule has 23 heavy (non-hydrogen) atoms. The number of anilines is 1. The Hall–Kier alpha value is -2.29. The summed E-state index contributed by atoms with van der Waals surface area (Å²) < 4.78 is 19.1. The third-order valence-electron chi connectivity index (χ3n) is 4.89. The number of benzene rings is 2. The number of fused-ring (bicyclic) bond motifs is 3. The maximum atomic E-state index is 13.3. The molecule has 0 saturated carbocycles. The van der Waals surface area contributed by atoms with Crippen LogP contribution in [0.3, 0.4) is 0 Å². The summed E-state index contributed by atoms with van der Waals surface area (Å²) >= 11 is 0. The maximum absolute atomic E-state index is 13.3. The van der Waals surface area contributed by atoms with Crippen LogP contribution in [0.5, 0.6) is 5.75 Å². The molecule has 2 aromatic rings. The Bertz CT molecular complexity index is 738. The summed E-state index contributed by atoms with van der Waals surface area (Å²) in [5.41, 5.74) is 3.51. The molecule has 3 heteroatoms. The number of rotatable bonds is 3. The molecule has 2 aromatic carbocycles. The lowest BCUT2D eigenvalue weighted by Crippen LogP contribution is -2.29. The molecule has 2 aliphatic rings. The molecule has 0 radical (unpaired) electrons. The van der Waals surface area contributed by atoms with E-state index in [9.17, 15) is 4.39 Å². The van der Waals surface area contributed by atoms with E-state index in [1.165, 1.54) is 5.56 Å². The Morgan fingerprint density at radius 3 is 2.78 bits per heavy atom.